The van der Waals surface area contributed by atoms with Gasteiger partial charge in [0.15, 0.2) is 5.13 Å². The van der Waals surface area contributed by atoms with Gasteiger partial charge >= 0.3 is 0 Å². The first-order valence-corrected chi connectivity index (χ1v) is 11.3. The molecule has 0 unspecified atom stereocenters. The van der Waals surface area contributed by atoms with E-state index < -0.39 is 15.9 Å². The quantitative estimate of drug-likeness (QED) is 0.603. The molecular weight excluding hydrogens is 434 g/mol. The number of nitrogens with zero attached hydrogens (tertiary/aromatic N) is 2. The second-order valence-electron chi connectivity index (χ2n) is 6.54. The number of aromatic nitrogens is 1. The summed E-state index contributed by atoms with van der Waals surface area (Å²) in [7, 11) is -0.551. The van der Waals surface area contributed by atoms with Crippen LogP contribution in [0.4, 0.5) is 5.13 Å². The van der Waals surface area contributed by atoms with Crippen LogP contribution < -0.4 is 10.1 Å². The summed E-state index contributed by atoms with van der Waals surface area (Å²) < 4.78 is 32.3. The van der Waals surface area contributed by atoms with Crippen LogP contribution in [-0.2, 0) is 10.0 Å². The van der Waals surface area contributed by atoms with Crippen molar-refractivity contribution in [2.24, 2.45) is 0 Å². The van der Waals surface area contributed by atoms with Gasteiger partial charge in [-0.05, 0) is 50.2 Å². The number of rotatable bonds is 6. The van der Waals surface area contributed by atoms with Gasteiger partial charge in [0.05, 0.1) is 21.7 Å². The van der Waals surface area contributed by atoms with Gasteiger partial charge in [-0.2, -0.15) is 4.31 Å². The Kier molecular flexibility index (Phi) is 6.13. The third-order valence-corrected chi connectivity index (χ3v) is 7.90. The number of hydrogen-bond donors (Lipinski definition) is 1. The maximum atomic E-state index is 12.6. The highest BCUT2D eigenvalue weighted by Gasteiger charge is 2.23. The lowest BCUT2D eigenvalue weighted by molar-refractivity contribution is 0.102. The van der Waals surface area contributed by atoms with Crippen molar-refractivity contribution in [2.75, 3.05) is 19.5 Å². The largest absolute Gasteiger partial charge is 0.494 e. The molecule has 1 aromatic heterocycles. The van der Waals surface area contributed by atoms with Crippen molar-refractivity contribution in [1.82, 2.24) is 9.29 Å². The Hall–Kier alpha value is -2.20. The van der Waals surface area contributed by atoms with E-state index in [1.54, 1.807) is 26.0 Å². The van der Waals surface area contributed by atoms with Crippen LogP contribution in [0.25, 0.3) is 10.2 Å². The lowest BCUT2D eigenvalue weighted by Gasteiger charge is -2.20. The van der Waals surface area contributed by atoms with Crippen molar-refractivity contribution >= 4 is 54.2 Å². The average Bonchev–Trinajstić information content (AvgIpc) is 3.12. The number of halogens is 1. The Morgan fingerprint density at radius 2 is 1.86 bits per heavy atom. The molecule has 2 aromatic carbocycles. The summed E-state index contributed by atoms with van der Waals surface area (Å²) in [5.74, 6) is 0.158. The van der Waals surface area contributed by atoms with Crippen molar-refractivity contribution < 1.29 is 17.9 Å². The number of sulfonamides is 1. The summed E-state index contributed by atoms with van der Waals surface area (Å²) >= 11 is 7.44. The number of fused-ring (bicyclic) bond motifs is 1. The molecule has 0 saturated heterocycles. The van der Waals surface area contributed by atoms with Gasteiger partial charge < -0.3 is 4.74 Å². The highest BCUT2D eigenvalue weighted by Crippen LogP contribution is 2.37. The Labute approximate surface area is 178 Å². The molecule has 1 amide bonds. The second-order valence-corrected chi connectivity index (χ2v) is 9.94. The van der Waals surface area contributed by atoms with E-state index in [-0.39, 0.29) is 10.9 Å². The number of anilines is 1. The third kappa shape index (κ3) is 4.23. The highest BCUT2D eigenvalue weighted by atomic mass is 35.5. The standard InChI is InChI=1S/C19H20ClN3O4S2/c1-11(2)23(3)29(25,26)13-7-5-12(6-8-13)18(24)22-19-21-16-15(27-4)10-9-14(20)17(16)28-19/h5-11H,1-4H3,(H,21,22,24). The summed E-state index contributed by atoms with van der Waals surface area (Å²) in [5.41, 5.74) is 0.881. The van der Waals surface area contributed by atoms with Crippen LogP contribution in [0.5, 0.6) is 5.75 Å². The summed E-state index contributed by atoms with van der Waals surface area (Å²) in [6.07, 6.45) is 0. The van der Waals surface area contributed by atoms with E-state index in [2.05, 4.69) is 10.3 Å². The number of hydrogen-bond acceptors (Lipinski definition) is 6. The molecule has 0 atom stereocenters. The van der Waals surface area contributed by atoms with Crippen molar-refractivity contribution in [1.29, 1.82) is 0 Å². The Morgan fingerprint density at radius 1 is 1.21 bits per heavy atom. The van der Waals surface area contributed by atoms with Gasteiger partial charge in [-0.1, -0.05) is 22.9 Å². The van der Waals surface area contributed by atoms with Crippen molar-refractivity contribution in [3.8, 4) is 5.75 Å². The Balaban J connectivity index is 1.83. The maximum Gasteiger partial charge on any atom is 0.257 e. The number of thiazole rings is 1. The minimum atomic E-state index is -3.61. The zero-order valence-corrected chi connectivity index (χ0v) is 18.7. The lowest BCUT2D eigenvalue weighted by Crippen LogP contribution is -2.33. The summed E-state index contributed by atoms with van der Waals surface area (Å²) in [5, 5.41) is 3.60. The lowest BCUT2D eigenvalue weighted by atomic mass is 10.2. The monoisotopic (exact) mass is 453 g/mol. The van der Waals surface area contributed by atoms with Gasteiger partial charge in [-0.3, -0.25) is 10.1 Å². The Bertz CT molecular complexity index is 1160. The molecule has 0 bridgehead atoms. The first kappa shape index (κ1) is 21.5. The zero-order valence-electron chi connectivity index (χ0n) is 16.3. The van der Waals surface area contributed by atoms with E-state index in [0.29, 0.717) is 31.7 Å². The summed E-state index contributed by atoms with van der Waals surface area (Å²) in [6.45, 7) is 3.58. The highest BCUT2D eigenvalue weighted by molar-refractivity contribution is 7.89. The van der Waals surface area contributed by atoms with Crippen LogP contribution in [0.1, 0.15) is 24.2 Å². The molecule has 0 aliphatic heterocycles. The smallest absolute Gasteiger partial charge is 0.257 e. The molecule has 1 heterocycles. The number of ether oxygens (including phenoxy) is 1. The first-order valence-electron chi connectivity index (χ1n) is 8.67. The van der Waals surface area contributed by atoms with E-state index >= 15 is 0 Å². The SMILES string of the molecule is COc1ccc(Cl)c2sc(NC(=O)c3ccc(S(=O)(=O)N(C)C(C)C)cc3)nc12. The van der Waals surface area contributed by atoms with Crippen LogP contribution in [0.15, 0.2) is 41.3 Å². The number of carbonyl (C=O) groups excluding carboxylic acids is 1. The van der Waals surface area contributed by atoms with Gasteiger partial charge in [0.25, 0.3) is 5.91 Å². The molecule has 10 heteroatoms. The zero-order chi connectivity index (χ0) is 21.3. The minimum absolute atomic E-state index is 0.127. The molecule has 7 nitrogen and oxygen atoms in total. The number of amides is 1. The molecule has 1 N–H and O–H groups in total. The fourth-order valence-electron chi connectivity index (χ4n) is 2.56. The second kappa shape index (κ2) is 8.27. The van der Waals surface area contributed by atoms with Crippen LogP contribution >= 0.6 is 22.9 Å². The molecular formula is C19H20ClN3O4S2. The molecule has 0 aliphatic carbocycles. The van der Waals surface area contributed by atoms with Gasteiger partial charge in [0.2, 0.25) is 10.0 Å². The van der Waals surface area contributed by atoms with Crippen LogP contribution in [0.3, 0.4) is 0 Å². The molecule has 3 aromatic rings. The molecule has 154 valence electrons. The van der Waals surface area contributed by atoms with Gasteiger partial charge in [-0.15, -0.1) is 0 Å². The average molecular weight is 454 g/mol. The fourth-order valence-corrected chi connectivity index (χ4v) is 5.08. The fraction of sp³-hybridized carbons (Fsp3) is 0.263. The van der Waals surface area contributed by atoms with Crippen molar-refractivity contribution in [3.05, 3.63) is 47.0 Å². The Morgan fingerprint density at radius 3 is 2.45 bits per heavy atom. The topological polar surface area (TPSA) is 88.6 Å². The first-order chi connectivity index (χ1) is 13.6. The number of nitrogens with one attached hydrogen (secondary N) is 1. The predicted molar refractivity (Wildman–Crippen MR) is 116 cm³/mol. The van der Waals surface area contributed by atoms with E-state index in [1.165, 1.54) is 54.1 Å². The van der Waals surface area contributed by atoms with Crippen LogP contribution in [-0.4, -0.2) is 43.8 Å². The van der Waals surface area contributed by atoms with Crippen molar-refractivity contribution in [2.45, 2.75) is 24.8 Å². The normalized spacial score (nSPS) is 12.0. The molecule has 0 aliphatic rings. The van der Waals surface area contributed by atoms with E-state index in [4.69, 9.17) is 16.3 Å². The molecule has 0 radical (unpaired) electrons. The van der Waals surface area contributed by atoms with Crippen LogP contribution in [0.2, 0.25) is 5.02 Å². The molecule has 0 saturated carbocycles. The van der Waals surface area contributed by atoms with Gasteiger partial charge in [0.1, 0.15) is 11.3 Å². The molecule has 3 rings (SSSR count). The minimum Gasteiger partial charge on any atom is -0.494 e. The van der Waals surface area contributed by atoms with E-state index in [1.807, 2.05) is 0 Å². The molecule has 0 fully saturated rings. The number of methoxy groups -OCH3 is 1. The molecule has 29 heavy (non-hydrogen) atoms. The summed E-state index contributed by atoms with van der Waals surface area (Å²) in [4.78, 5) is 17.1. The summed E-state index contributed by atoms with van der Waals surface area (Å²) in [6, 6.07) is 9.02. The number of carbonyl (C=O) groups is 1. The third-order valence-electron chi connectivity index (χ3n) is 4.42. The molecule has 0 spiro atoms. The predicted octanol–water partition coefficient (Wildman–Crippen LogP) is 4.24. The van der Waals surface area contributed by atoms with Crippen molar-refractivity contribution in [3.63, 3.8) is 0 Å². The van der Waals surface area contributed by atoms with Gasteiger partial charge in [-0.25, -0.2) is 13.4 Å². The number of benzene rings is 2. The van der Waals surface area contributed by atoms with E-state index in [9.17, 15) is 13.2 Å². The van der Waals surface area contributed by atoms with Crippen LogP contribution in [0, 0.1) is 0 Å². The van der Waals surface area contributed by atoms with E-state index in [0.717, 1.165) is 0 Å². The van der Waals surface area contributed by atoms with Gasteiger partial charge in [0, 0.05) is 18.7 Å². The maximum absolute atomic E-state index is 12.6.